The molecule has 4 nitrogen and oxygen atoms in total. The second kappa shape index (κ2) is 9.03. The molecule has 0 radical (unpaired) electrons. The van der Waals surface area contributed by atoms with E-state index in [0.29, 0.717) is 22.1 Å². The highest BCUT2D eigenvalue weighted by Crippen LogP contribution is 2.42. The van der Waals surface area contributed by atoms with Crippen LogP contribution in [-0.4, -0.2) is 23.6 Å². The lowest BCUT2D eigenvalue weighted by atomic mass is 10.00. The highest BCUT2D eigenvalue weighted by atomic mass is 79.9. The molecule has 0 N–H and O–H groups in total. The van der Waals surface area contributed by atoms with Crippen molar-refractivity contribution in [1.82, 2.24) is 4.98 Å². The van der Waals surface area contributed by atoms with Crippen LogP contribution in [0.1, 0.15) is 40.4 Å². The number of hydrogen-bond donors (Lipinski definition) is 0. The van der Waals surface area contributed by atoms with Crippen molar-refractivity contribution < 1.29 is 9.53 Å². The largest absolute Gasteiger partial charge is 0.497 e. The van der Waals surface area contributed by atoms with Crippen molar-refractivity contribution in [2.24, 2.45) is 0 Å². The minimum atomic E-state index is 0.0148. The van der Waals surface area contributed by atoms with Gasteiger partial charge in [0.25, 0.3) is 0 Å². The van der Waals surface area contributed by atoms with Crippen molar-refractivity contribution >= 4 is 33.5 Å². The molecule has 4 rings (SSSR count). The van der Waals surface area contributed by atoms with Gasteiger partial charge in [0.15, 0.2) is 5.78 Å². The third-order valence-corrected chi connectivity index (χ3v) is 6.52. The SMILES string of the molecule is COc1ccc(-c2cc(C3CC3)nc(SCC(=O)c3ccc(Br)cc3)c2C#N)cc1. The first-order valence-electron chi connectivity index (χ1n) is 9.60. The van der Waals surface area contributed by atoms with E-state index >= 15 is 0 Å². The van der Waals surface area contributed by atoms with Crippen LogP contribution in [0.2, 0.25) is 0 Å². The fourth-order valence-electron chi connectivity index (χ4n) is 3.19. The van der Waals surface area contributed by atoms with E-state index in [0.717, 1.165) is 39.9 Å². The summed E-state index contributed by atoms with van der Waals surface area (Å²) < 4.78 is 6.18. The van der Waals surface area contributed by atoms with E-state index in [1.807, 2.05) is 42.5 Å². The molecule has 1 aromatic heterocycles. The average molecular weight is 479 g/mol. The second-order valence-corrected chi connectivity index (χ2v) is 8.99. The molecule has 3 aromatic rings. The molecule has 30 heavy (non-hydrogen) atoms. The molecule has 0 saturated heterocycles. The number of Topliss-reactive ketones (excluding diaryl/α,β-unsaturated/α-hetero) is 1. The summed E-state index contributed by atoms with van der Waals surface area (Å²) in [5, 5.41) is 10.5. The zero-order valence-electron chi connectivity index (χ0n) is 16.4. The van der Waals surface area contributed by atoms with Crippen LogP contribution in [0, 0.1) is 11.3 Å². The number of benzene rings is 2. The normalized spacial score (nSPS) is 13.0. The number of pyridine rings is 1. The summed E-state index contributed by atoms with van der Waals surface area (Å²) in [6, 6.07) is 19.3. The number of methoxy groups -OCH3 is 1. The molecule has 2 aromatic carbocycles. The second-order valence-electron chi connectivity index (χ2n) is 7.11. The van der Waals surface area contributed by atoms with Gasteiger partial charge in [-0.25, -0.2) is 4.98 Å². The Morgan fingerprint density at radius 1 is 1.20 bits per heavy atom. The fraction of sp³-hybridized carbons (Fsp3) is 0.208. The number of rotatable bonds is 7. The van der Waals surface area contributed by atoms with Crippen LogP contribution in [0.25, 0.3) is 11.1 Å². The van der Waals surface area contributed by atoms with E-state index in [2.05, 4.69) is 22.0 Å². The monoisotopic (exact) mass is 478 g/mol. The number of nitrogens with zero attached hydrogens (tertiary/aromatic N) is 2. The Balaban J connectivity index is 1.66. The van der Waals surface area contributed by atoms with E-state index in [4.69, 9.17) is 9.72 Å². The number of nitriles is 1. The lowest BCUT2D eigenvalue weighted by Crippen LogP contribution is -2.04. The van der Waals surface area contributed by atoms with Gasteiger partial charge in [0, 0.05) is 27.2 Å². The Morgan fingerprint density at radius 3 is 2.50 bits per heavy atom. The molecule has 6 heteroatoms. The Kier molecular flexibility index (Phi) is 6.21. The molecule has 1 heterocycles. The number of hydrogen-bond acceptors (Lipinski definition) is 5. The van der Waals surface area contributed by atoms with E-state index < -0.39 is 0 Å². The number of thioether (sulfide) groups is 1. The number of halogens is 1. The third-order valence-electron chi connectivity index (χ3n) is 5.02. The van der Waals surface area contributed by atoms with E-state index in [9.17, 15) is 10.1 Å². The van der Waals surface area contributed by atoms with Gasteiger partial charge in [0.2, 0.25) is 0 Å². The molecule has 1 aliphatic rings. The molecule has 0 unspecified atom stereocenters. The molecule has 0 bridgehead atoms. The van der Waals surface area contributed by atoms with Crippen molar-refractivity contribution in [2.75, 3.05) is 12.9 Å². The van der Waals surface area contributed by atoms with E-state index in [-0.39, 0.29) is 11.5 Å². The minimum absolute atomic E-state index is 0.0148. The Morgan fingerprint density at radius 2 is 1.90 bits per heavy atom. The summed E-state index contributed by atoms with van der Waals surface area (Å²) in [5.41, 5.74) is 3.96. The molecule has 1 saturated carbocycles. The van der Waals surface area contributed by atoms with Crippen LogP contribution in [0.15, 0.2) is 64.1 Å². The van der Waals surface area contributed by atoms with Crippen molar-refractivity contribution in [3.8, 4) is 22.9 Å². The fourth-order valence-corrected chi connectivity index (χ4v) is 4.36. The third kappa shape index (κ3) is 4.58. The summed E-state index contributed by atoms with van der Waals surface area (Å²) >= 11 is 4.72. The van der Waals surface area contributed by atoms with Crippen molar-refractivity contribution in [3.63, 3.8) is 0 Å². The van der Waals surface area contributed by atoms with Crippen LogP contribution in [0.5, 0.6) is 5.75 Å². The van der Waals surface area contributed by atoms with Crippen LogP contribution >= 0.6 is 27.7 Å². The maximum absolute atomic E-state index is 12.6. The number of carbonyl (C=O) groups is 1. The Bertz CT molecular complexity index is 1120. The summed E-state index contributed by atoms with van der Waals surface area (Å²) in [4.78, 5) is 17.4. The average Bonchev–Trinajstić information content (AvgIpc) is 3.63. The molecule has 0 aliphatic heterocycles. The first-order valence-corrected chi connectivity index (χ1v) is 11.4. The van der Waals surface area contributed by atoms with Crippen LogP contribution in [0.3, 0.4) is 0 Å². The van der Waals surface area contributed by atoms with Crippen LogP contribution < -0.4 is 4.74 Å². The topological polar surface area (TPSA) is 63.0 Å². The van der Waals surface area contributed by atoms with Gasteiger partial charge < -0.3 is 4.74 Å². The van der Waals surface area contributed by atoms with Crippen LogP contribution in [0.4, 0.5) is 0 Å². The van der Waals surface area contributed by atoms with Gasteiger partial charge in [-0.15, -0.1) is 0 Å². The maximum Gasteiger partial charge on any atom is 0.173 e. The lowest BCUT2D eigenvalue weighted by molar-refractivity contribution is 0.102. The molecule has 0 atom stereocenters. The van der Waals surface area contributed by atoms with Gasteiger partial charge in [-0.2, -0.15) is 5.26 Å². The number of carbonyl (C=O) groups excluding carboxylic acids is 1. The van der Waals surface area contributed by atoms with Crippen molar-refractivity contribution in [1.29, 1.82) is 5.26 Å². The van der Waals surface area contributed by atoms with Gasteiger partial charge in [0.05, 0.1) is 18.4 Å². The first kappa shape index (κ1) is 20.6. The van der Waals surface area contributed by atoms with Gasteiger partial charge in [-0.3, -0.25) is 4.79 Å². The highest BCUT2D eigenvalue weighted by Gasteiger charge is 2.27. The minimum Gasteiger partial charge on any atom is -0.497 e. The van der Waals surface area contributed by atoms with Crippen LogP contribution in [-0.2, 0) is 0 Å². The first-order chi connectivity index (χ1) is 14.6. The van der Waals surface area contributed by atoms with E-state index in [1.54, 1.807) is 19.2 Å². The molecular formula is C24H19BrN2O2S. The molecule has 0 amide bonds. The summed E-state index contributed by atoms with van der Waals surface area (Å²) in [6.07, 6.45) is 2.23. The Hall–Kier alpha value is -2.62. The maximum atomic E-state index is 12.6. The van der Waals surface area contributed by atoms with E-state index in [1.165, 1.54) is 11.8 Å². The molecule has 1 fully saturated rings. The number of aromatic nitrogens is 1. The van der Waals surface area contributed by atoms with Crippen molar-refractivity contribution in [2.45, 2.75) is 23.8 Å². The predicted octanol–water partition coefficient (Wildman–Crippen LogP) is 6.24. The molecule has 0 spiro atoms. The standard InChI is InChI=1S/C24H19BrN2O2S/c1-29-19-10-6-15(7-11-19)20-12-22(16-2-3-16)27-24(21(20)13-26)30-14-23(28)17-4-8-18(25)9-5-17/h4-12,16H,2-3,14H2,1H3. The number of ether oxygens (including phenoxy) is 1. The smallest absolute Gasteiger partial charge is 0.173 e. The zero-order valence-corrected chi connectivity index (χ0v) is 18.8. The zero-order chi connectivity index (χ0) is 21.1. The summed E-state index contributed by atoms with van der Waals surface area (Å²) in [6.45, 7) is 0. The summed E-state index contributed by atoms with van der Waals surface area (Å²) in [7, 11) is 1.63. The van der Waals surface area contributed by atoms with Gasteiger partial charge in [-0.05, 0) is 48.7 Å². The highest BCUT2D eigenvalue weighted by molar-refractivity contribution is 9.10. The molecule has 1 aliphatic carbocycles. The van der Waals surface area contributed by atoms with Gasteiger partial charge in [0.1, 0.15) is 16.8 Å². The predicted molar refractivity (Wildman–Crippen MR) is 122 cm³/mol. The lowest BCUT2D eigenvalue weighted by Gasteiger charge is -2.12. The summed E-state index contributed by atoms with van der Waals surface area (Å²) in [5.74, 6) is 1.46. The van der Waals surface area contributed by atoms with Gasteiger partial charge >= 0.3 is 0 Å². The van der Waals surface area contributed by atoms with Gasteiger partial charge in [-0.1, -0.05) is 52.0 Å². The molecule has 150 valence electrons. The quantitative estimate of drug-likeness (QED) is 0.296. The molecular weight excluding hydrogens is 460 g/mol. The van der Waals surface area contributed by atoms with Crippen molar-refractivity contribution in [3.05, 3.63) is 75.9 Å². The number of ketones is 1. The Labute approximate surface area is 188 Å².